The normalized spacial score (nSPS) is 14.5. The Morgan fingerprint density at radius 1 is 0.975 bits per heavy atom. The van der Waals surface area contributed by atoms with Crippen LogP contribution in [0.25, 0.3) is 0 Å². The number of anilines is 1. The van der Waals surface area contributed by atoms with Crippen molar-refractivity contribution in [2.75, 3.05) is 10.8 Å². The molecule has 0 aromatic heterocycles. The summed E-state index contributed by atoms with van der Waals surface area (Å²) >= 11 is 0. The highest BCUT2D eigenvalue weighted by atomic mass is 32.2. The van der Waals surface area contributed by atoms with E-state index in [1.165, 1.54) is 23.1 Å². The number of hydrogen-bond donors (Lipinski definition) is 1. The first kappa shape index (κ1) is 29.3. The summed E-state index contributed by atoms with van der Waals surface area (Å²) in [6.07, 6.45) is 3.80. The molecule has 3 aromatic rings. The third-order valence-corrected chi connectivity index (χ3v) is 9.18. The predicted octanol–water partition coefficient (Wildman–Crippen LogP) is 5.11. The molecule has 1 N–H and O–H groups in total. The molecule has 1 aliphatic carbocycles. The first-order valence-corrected chi connectivity index (χ1v) is 15.0. The number of aryl methyl sites for hydroxylation is 2. The van der Waals surface area contributed by atoms with Gasteiger partial charge in [-0.15, -0.1) is 0 Å². The molecule has 7 nitrogen and oxygen atoms in total. The van der Waals surface area contributed by atoms with Gasteiger partial charge in [0.2, 0.25) is 11.8 Å². The van der Waals surface area contributed by atoms with Gasteiger partial charge in [0.25, 0.3) is 10.0 Å². The first-order valence-electron chi connectivity index (χ1n) is 13.6. The van der Waals surface area contributed by atoms with Crippen molar-refractivity contribution < 1.29 is 22.4 Å². The third-order valence-electron chi connectivity index (χ3n) is 7.41. The fraction of sp³-hybridized carbons (Fsp3) is 0.355. The molecule has 0 radical (unpaired) electrons. The summed E-state index contributed by atoms with van der Waals surface area (Å²) in [7, 11) is -4.16. The van der Waals surface area contributed by atoms with Crippen molar-refractivity contribution in [2.24, 2.45) is 0 Å². The lowest BCUT2D eigenvalue weighted by Crippen LogP contribution is -2.52. The molecule has 0 aliphatic heterocycles. The first-order chi connectivity index (χ1) is 19.1. The van der Waals surface area contributed by atoms with E-state index >= 15 is 0 Å². The molecular weight excluding hydrogens is 529 g/mol. The van der Waals surface area contributed by atoms with Crippen molar-refractivity contribution >= 4 is 27.5 Å². The van der Waals surface area contributed by atoms with Gasteiger partial charge in [-0.2, -0.15) is 0 Å². The van der Waals surface area contributed by atoms with Crippen molar-refractivity contribution in [3.63, 3.8) is 0 Å². The van der Waals surface area contributed by atoms with Gasteiger partial charge in [0.1, 0.15) is 18.4 Å². The Morgan fingerprint density at radius 2 is 1.62 bits per heavy atom. The second-order valence-electron chi connectivity index (χ2n) is 10.4. The Labute approximate surface area is 236 Å². The maximum absolute atomic E-state index is 14.7. The van der Waals surface area contributed by atoms with Crippen LogP contribution in [0.4, 0.5) is 10.1 Å². The summed E-state index contributed by atoms with van der Waals surface area (Å²) in [6.45, 7) is 4.48. The van der Waals surface area contributed by atoms with E-state index in [-0.39, 0.29) is 29.0 Å². The highest BCUT2D eigenvalue weighted by Crippen LogP contribution is 2.28. The van der Waals surface area contributed by atoms with E-state index in [0.717, 1.165) is 35.6 Å². The fourth-order valence-electron chi connectivity index (χ4n) is 5.01. The van der Waals surface area contributed by atoms with Gasteiger partial charge in [-0.05, 0) is 69.0 Å². The van der Waals surface area contributed by atoms with Crippen LogP contribution in [0.15, 0.2) is 77.7 Å². The van der Waals surface area contributed by atoms with Crippen LogP contribution in [0.3, 0.4) is 0 Å². The molecular formula is C31H36FN3O4S. The molecule has 0 unspecified atom stereocenters. The maximum atomic E-state index is 14.7. The number of carbonyl (C=O) groups is 2. The van der Waals surface area contributed by atoms with Crippen LogP contribution in [0, 0.1) is 19.7 Å². The van der Waals surface area contributed by atoms with Crippen LogP contribution in [-0.2, 0) is 26.2 Å². The van der Waals surface area contributed by atoms with Gasteiger partial charge in [-0.1, -0.05) is 61.4 Å². The summed E-state index contributed by atoms with van der Waals surface area (Å²) in [5, 5.41) is 3.01. The predicted molar refractivity (Wildman–Crippen MR) is 154 cm³/mol. The minimum atomic E-state index is -4.16. The number of carbonyl (C=O) groups excluding carboxylic acids is 2. The fourth-order valence-corrected chi connectivity index (χ4v) is 6.50. The van der Waals surface area contributed by atoms with Gasteiger partial charge in [0.05, 0.1) is 10.6 Å². The number of nitrogens with zero attached hydrogens (tertiary/aromatic N) is 2. The zero-order chi connectivity index (χ0) is 28.9. The second-order valence-corrected chi connectivity index (χ2v) is 12.3. The van der Waals surface area contributed by atoms with Gasteiger partial charge in [0, 0.05) is 18.2 Å². The van der Waals surface area contributed by atoms with Crippen LogP contribution in [0.1, 0.15) is 49.3 Å². The van der Waals surface area contributed by atoms with Crippen molar-refractivity contribution in [3.8, 4) is 0 Å². The quantitative estimate of drug-likeness (QED) is 0.370. The van der Waals surface area contributed by atoms with Crippen molar-refractivity contribution in [2.45, 2.75) is 70.0 Å². The average Bonchev–Trinajstić information content (AvgIpc) is 3.45. The van der Waals surface area contributed by atoms with Gasteiger partial charge < -0.3 is 10.2 Å². The number of sulfonamides is 1. The Kier molecular flexibility index (Phi) is 9.25. The summed E-state index contributed by atoms with van der Waals surface area (Å²) in [4.78, 5) is 28.6. The third kappa shape index (κ3) is 6.70. The van der Waals surface area contributed by atoms with Gasteiger partial charge in [0.15, 0.2) is 0 Å². The molecule has 0 spiro atoms. The lowest BCUT2D eigenvalue weighted by molar-refractivity contribution is -0.139. The van der Waals surface area contributed by atoms with E-state index in [2.05, 4.69) is 5.32 Å². The van der Waals surface area contributed by atoms with Gasteiger partial charge in [-0.3, -0.25) is 13.9 Å². The van der Waals surface area contributed by atoms with E-state index in [0.29, 0.717) is 11.3 Å². The molecule has 4 rings (SSSR count). The second kappa shape index (κ2) is 12.6. The van der Waals surface area contributed by atoms with Crippen LogP contribution >= 0.6 is 0 Å². The monoisotopic (exact) mass is 565 g/mol. The van der Waals surface area contributed by atoms with E-state index in [1.54, 1.807) is 62.4 Å². The Hall–Kier alpha value is -3.72. The molecule has 1 saturated carbocycles. The molecule has 212 valence electrons. The summed E-state index contributed by atoms with van der Waals surface area (Å²) < 4.78 is 43.6. The Bertz CT molecular complexity index is 1460. The summed E-state index contributed by atoms with van der Waals surface area (Å²) in [5.41, 5.74) is 2.10. The van der Waals surface area contributed by atoms with Crippen LogP contribution in [0.2, 0.25) is 0 Å². The number of hydrogen-bond acceptors (Lipinski definition) is 4. The molecule has 2 amide bonds. The van der Waals surface area contributed by atoms with Crippen LogP contribution in [0.5, 0.6) is 0 Å². The highest BCUT2D eigenvalue weighted by molar-refractivity contribution is 7.92. The molecule has 1 atom stereocenters. The number of nitrogens with one attached hydrogen (secondary N) is 1. The largest absolute Gasteiger partial charge is 0.352 e. The standard InChI is InChI=1S/C31H36FN3O4S/c1-22-17-18-23(2)29(19-22)35(40(38,39)27-14-5-4-6-15-27)21-30(36)34(20-25-11-7-10-16-28(25)32)24(3)31(37)33-26-12-8-9-13-26/h4-7,10-11,14-19,24,26H,8-9,12-13,20-21H2,1-3H3,(H,33,37)/t24-/m0/s1. The number of rotatable bonds is 10. The van der Waals surface area contributed by atoms with Crippen molar-refractivity contribution in [1.29, 1.82) is 0 Å². The summed E-state index contributed by atoms with van der Waals surface area (Å²) in [5.74, 6) is -1.47. The van der Waals surface area contributed by atoms with E-state index in [9.17, 15) is 22.4 Å². The van der Waals surface area contributed by atoms with Crippen LogP contribution < -0.4 is 9.62 Å². The molecule has 40 heavy (non-hydrogen) atoms. The Balaban J connectivity index is 1.72. The van der Waals surface area contributed by atoms with Gasteiger partial charge >= 0.3 is 0 Å². The van der Waals surface area contributed by atoms with Crippen molar-refractivity contribution in [1.82, 2.24) is 10.2 Å². The molecule has 3 aromatic carbocycles. The summed E-state index contributed by atoms with van der Waals surface area (Å²) in [6, 6.07) is 18.5. The van der Waals surface area contributed by atoms with E-state index < -0.39 is 34.3 Å². The topological polar surface area (TPSA) is 86.8 Å². The zero-order valence-electron chi connectivity index (χ0n) is 23.1. The maximum Gasteiger partial charge on any atom is 0.264 e. The van der Waals surface area contributed by atoms with Gasteiger partial charge in [-0.25, -0.2) is 12.8 Å². The minimum Gasteiger partial charge on any atom is -0.352 e. The van der Waals surface area contributed by atoms with E-state index in [1.807, 2.05) is 13.0 Å². The molecule has 1 aliphatic rings. The number of benzene rings is 3. The zero-order valence-corrected chi connectivity index (χ0v) is 24.0. The number of amides is 2. The van der Waals surface area contributed by atoms with Crippen molar-refractivity contribution in [3.05, 3.63) is 95.3 Å². The molecule has 1 fully saturated rings. The van der Waals surface area contributed by atoms with E-state index in [4.69, 9.17) is 0 Å². The molecule has 0 heterocycles. The molecule has 9 heteroatoms. The highest BCUT2D eigenvalue weighted by Gasteiger charge is 2.34. The minimum absolute atomic E-state index is 0.0327. The SMILES string of the molecule is Cc1ccc(C)c(N(CC(=O)N(Cc2ccccc2F)[C@@H](C)C(=O)NC2CCCC2)S(=O)(=O)c2ccccc2)c1. The molecule has 0 bridgehead atoms. The average molecular weight is 566 g/mol. The Morgan fingerprint density at radius 3 is 2.30 bits per heavy atom. The lowest BCUT2D eigenvalue weighted by atomic mass is 10.1. The smallest absolute Gasteiger partial charge is 0.264 e. The number of halogens is 1. The lowest BCUT2D eigenvalue weighted by Gasteiger charge is -2.33. The van der Waals surface area contributed by atoms with Crippen LogP contribution in [-0.4, -0.2) is 43.8 Å². The molecule has 0 saturated heterocycles.